The van der Waals surface area contributed by atoms with Crippen molar-refractivity contribution in [2.24, 2.45) is 7.05 Å². The number of aromatic nitrogens is 4. The molecule has 1 aromatic carbocycles. The molecule has 1 N–H and O–H groups in total. The van der Waals surface area contributed by atoms with Gasteiger partial charge in [0.1, 0.15) is 27.1 Å². The largest absolute Gasteiger partial charge is 0.497 e. The monoisotopic (exact) mass is 407 g/mol. The summed E-state index contributed by atoms with van der Waals surface area (Å²) in [6.07, 6.45) is 6.70. The minimum absolute atomic E-state index is 0.287. The quantitative estimate of drug-likeness (QED) is 0.520. The first-order valence-electron chi connectivity index (χ1n) is 8.65. The van der Waals surface area contributed by atoms with E-state index in [0.29, 0.717) is 22.2 Å². The molecule has 0 aliphatic carbocycles. The van der Waals surface area contributed by atoms with Gasteiger partial charge in [0, 0.05) is 25.0 Å². The number of rotatable bonds is 6. The van der Waals surface area contributed by atoms with Crippen LogP contribution in [0.1, 0.15) is 9.67 Å². The second-order valence-electron chi connectivity index (χ2n) is 6.02. The fourth-order valence-electron chi connectivity index (χ4n) is 2.55. The average Bonchev–Trinajstić information content (AvgIpc) is 3.39. The fraction of sp³-hybridized carbons (Fsp3) is 0.100. The highest BCUT2D eigenvalue weighted by Crippen LogP contribution is 2.30. The molecular weight excluding hydrogens is 390 g/mol. The molecule has 4 aromatic rings. The molecular formula is C20H17N5O3S. The topological polar surface area (TPSA) is 91.2 Å². The zero-order valence-electron chi connectivity index (χ0n) is 15.7. The van der Waals surface area contributed by atoms with Crippen LogP contribution in [0.5, 0.6) is 17.4 Å². The first-order chi connectivity index (χ1) is 14.1. The van der Waals surface area contributed by atoms with E-state index >= 15 is 0 Å². The van der Waals surface area contributed by atoms with E-state index in [1.807, 2.05) is 13.2 Å². The Hall–Kier alpha value is -3.72. The van der Waals surface area contributed by atoms with Crippen molar-refractivity contribution in [2.75, 3.05) is 12.4 Å². The van der Waals surface area contributed by atoms with E-state index in [-0.39, 0.29) is 5.91 Å². The summed E-state index contributed by atoms with van der Waals surface area (Å²) in [5.74, 6) is 1.31. The van der Waals surface area contributed by atoms with E-state index in [2.05, 4.69) is 20.4 Å². The predicted octanol–water partition coefficient (Wildman–Crippen LogP) is 3.99. The maximum atomic E-state index is 12.7. The van der Waals surface area contributed by atoms with Crippen LogP contribution in [0.15, 0.2) is 61.2 Å². The number of thiazole rings is 1. The number of benzene rings is 1. The molecule has 0 unspecified atom stereocenters. The van der Waals surface area contributed by atoms with Crippen molar-refractivity contribution in [1.29, 1.82) is 0 Å². The number of nitrogens with one attached hydrogen (secondary N) is 1. The standard InChI is InChI=1S/C20H17N5O3S/c1-25-12-13(10-23-25)20-22-11-17(29-20)18(26)24-16-4-3-9-21-19(16)28-15-7-5-14(27-2)6-8-15/h3-12H,1-2H3,(H,24,26). The van der Waals surface area contributed by atoms with Gasteiger partial charge in [-0.3, -0.25) is 9.48 Å². The summed E-state index contributed by atoms with van der Waals surface area (Å²) in [6.45, 7) is 0. The lowest BCUT2D eigenvalue weighted by molar-refractivity contribution is 0.103. The van der Waals surface area contributed by atoms with Crippen LogP contribution >= 0.6 is 11.3 Å². The lowest BCUT2D eigenvalue weighted by Crippen LogP contribution is -2.11. The molecule has 3 heterocycles. The number of nitrogens with zero attached hydrogens (tertiary/aromatic N) is 4. The van der Waals surface area contributed by atoms with Crippen LogP contribution in [-0.4, -0.2) is 32.8 Å². The summed E-state index contributed by atoms with van der Waals surface area (Å²) >= 11 is 1.29. The number of carbonyl (C=O) groups is 1. The predicted molar refractivity (Wildman–Crippen MR) is 110 cm³/mol. The molecule has 9 heteroatoms. The van der Waals surface area contributed by atoms with Crippen molar-refractivity contribution in [3.63, 3.8) is 0 Å². The van der Waals surface area contributed by atoms with Crippen LogP contribution in [0.3, 0.4) is 0 Å². The third-order valence-electron chi connectivity index (χ3n) is 3.97. The van der Waals surface area contributed by atoms with E-state index in [4.69, 9.17) is 9.47 Å². The third-order valence-corrected chi connectivity index (χ3v) is 5.02. The normalized spacial score (nSPS) is 10.6. The van der Waals surface area contributed by atoms with Gasteiger partial charge in [-0.25, -0.2) is 9.97 Å². The average molecular weight is 407 g/mol. The highest BCUT2D eigenvalue weighted by atomic mass is 32.1. The number of anilines is 1. The van der Waals surface area contributed by atoms with E-state index < -0.39 is 0 Å². The minimum Gasteiger partial charge on any atom is -0.497 e. The zero-order valence-corrected chi connectivity index (χ0v) is 16.5. The molecule has 29 heavy (non-hydrogen) atoms. The molecule has 146 valence electrons. The van der Waals surface area contributed by atoms with Gasteiger partial charge in [-0.1, -0.05) is 0 Å². The van der Waals surface area contributed by atoms with Gasteiger partial charge in [-0.15, -0.1) is 11.3 Å². The van der Waals surface area contributed by atoms with Gasteiger partial charge in [0.05, 0.1) is 19.5 Å². The van der Waals surface area contributed by atoms with Gasteiger partial charge in [0.15, 0.2) is 0 Å². The number of carbonyl (C=O) groups excluding carboxylic acids is 1. The van der Waals surface area contributed by atoms with Gasteiger partial charge in [0.2, 0.25) is 5.88 Å². The molecule has 8 nitrogen and oxygen atoms in total. The fourth-order valence-corrected chi connectivity index (χ4v) is 3.34. The maximum absolute atomic E-state index is 12.7. The summed E-state index contributed by atoms with van der Waals surface area (Å²) in [5.41, 5.74) is 1.33. The van der Waals surface area contributed by atoms with Gasteiger partial charge in [-0.05, 0) is 36.4 Å². The van der Waals surface area contributed by atoms with Gasteiger partial charge in [0.25, 0.3) is 5.91 Å². The number of aryl methyl sites for hydroxylation is 1. The van der Waals surface area contributed by atoms with Crippen LogP contribution < -0.4 is 14.8 Å². The number of hydrogen-bond donors (Lipinski definition) is 1. The summed E-state index contributed by atoms with van der Waals surface area (Å²) in [4.78, 5) is 21.7. The van der Waals surface area contributed by atoms with Crippen LogP contribution in [0.4, 0.5) is 5.69 Å². The molecule has 0 spiro atoms. The van der Waals surface area contributed by atoms with E-state index in [9.17, 15) is 4.79 Å². The number of methoxy groups -OCH3 is 1. The Morgan fingerprint density at radius 3 is 2.62 bits per heavy atom. The number of amides is 1. The summed E-state index contributed by atoms with van der Waals surface area (Å²) in [7, 11) is 3.43. The van der Waals surface area contributed by atoms with Crippen LogP contribution in [-0.2, 0) is 7.05 Å². The van der Waals surface area contributed by atoms with E-state index in [0.717, 1.165) is 16.3 Å². The van der Waals surface area contributed by atoms with Crippen molar-refractivity contribution < 1.29 is 14.3 Å². The van der Waals surface area contributed by atoms with Gasteiger partial charge < -0.3 is 14.8 Å². The summed E-state index contributed by atoms with van der Waals surface area (Å²) in [6, 6.07) is 10.6. The first-order valence-corrected chi connectivity index (χ1v) is 9.47. The molecule has 3 aromatic heterocycles. The Morgan fingerprint density at radius 1 is 1.10 bits per heavy atom. The Balaban J connectivity index is 1.50. The second-order valence-corrected chi connectivity index (χ2v) is 7.05. The summed E-state index contributed by atoms with van der Waals surface area (Å²) in [5, 5.41) is 7.69. The maximum Gasteiger partial charge on any atom is 0.267 e. The van der Waals surface area contributed by atoms with Crippen LogP contribution in [0.25, 0.3) is 10.6 Å². The molecule has 1 amide bonds. The number of pyridine rings is 1. The number of hydrogen-bond acceptors (Lipinski definition) is 7. The highest BCUT2D eigenvalue weighted by Gasteiger charge is 2.15. The summed E-state index contributed by atoms with van der Waals surface area (Å²) < 4.78 is 12.6. The van der Waals surface area contributed by atoms with Crippen molar-refractivity contribution in [3.05, 3.63) is 66.1 Å². The van der Waals surface area contributed by atoms with Gasteiger partial charge in [-0.2, -0.15) is 5.10 Å². The third kappa shape index (κ3) is 4.25. The van der Waals surface area contributed by atoms with Crippen molar-refractivity contribution >= 4 is 22.9 Å². The minimum atomic E-state index is -0.287. The Morgan fingerprint density at radius 2 is 1.90 bits per heavy atom. The van der Waals surface area contributed by atoms with Crippen molar-refractivity contribution in [2.45, 2.75) is 0 Å². The Labute approximate surface area is 170 Å². The molecule has 0 atom stereocenters. The molecule has 0 radical (unpaired) electrons. The highest BCUT2D eigenvalue weighted by molar-refractivity contribution is 7.17. The Kier molecular flexibility index (Phi) is 5.21. The molecule has 0 aliphatic heterocycles. The Bertz CT molecular complexity index is 1140. The molecule has 0 aliphatic rings. The lowest BCUT2D eigenvalue weighted by Gasteiger charge is -2.10. The van der Waals surface area contributed by atoms with Crippen molar-refractivity contribution in [3.8, 4) is 28.0 Å². The zero-order chi connectivity index (χ0) is 20.2. The van der Waals surface area contributed by atoms with Gasteiger partial charge >= 0.3 is 0 Å². The first kappa shape index (κ1) is 18.6. The molecule has 0 fully saturated rings. The van der Waals surface area contributed by atoms with Crippen LogP contribution in [0.2, 0.25) is 0 Å². The lowest BCUT2D eigenvalue weighted by atomic mass is 10.3. The molecule has 0 saturated carbocycles. The smallest absolute Gasteiger partial charge is 0.267 e. The molecule has 0 saturated heterocycles. The molecule has 0 bridgehead atoms. The SMILES string of the molecule is COc1ccc(Oc2ncccc2NC(=O)c2cnc(-c3cnn(C)c3)s2)cc1. The number of ether oxygens (including phenoxy) is 2. The van der Waals surface area contributed by atoms with Crippen molar-refractivity contribution in [1.82, 2.24) is 19.7 Å². The molecule has 4 rings (SSSR count). The second kappa shape index (κ2) is 8.11. The van der Waals surface area contributed by atoms with E-state index in [1.54, 1.807) is 66.8 Å². The van der Waals surface area contributed by atoms with Crippen LogP contribution in [0, 0.1) is 0 Å². The van der Waals surface area contributed by atoms with E-state index in [1.165, 1.54) is 11.3 Å².